The number of halogens is 1. The van der Waals surface area contributed by atoms with E-state index in [1.165, 1.54) is 0 Å². The molecule has 0 bridgehead atoms. The topological polar surface area (TPSA) is 66.1 Å². The fourth-order valence-electron chi connectivity index (χ4n) is 3.53. The molecule has 1 amide bonds. The molecule has 2 heterocycles. The summed E-state index contributed by atoms with van der Waals surface area (Å²) < 4.78 is 0. The number of benzene rings is 2. The van der Waals surface area contributed by atoms with Crippen molar-refractivity contribution in [2.24, 2.45) is 0 Å². The second kappa shape index (κ2) is 7.98. The number of hydrogen-bond acceptors (Lipinski definition) is 3. The van der Waals surface area contributed by atoms with Gasteiger partial charge in [-0.15, -0.1) is 0 Å². The first kappa shape index (κ1) is 18.4. The molecule has 0 aliphatic carbocycles. The maximum Gasteiger partial charge on any atom is 0.223 e. The summed E-state index contributed by atoms with van der Waals surface area (Å²) in [5.74, 6) is -0.0113. The van der Waals surface area contributed by atoms with Crippen molar-refractivity contribution in [3.63, 3.8) is 0 Å². The van der Waals surface area contributed by atoms with E-state index in [0.717, 1.165) is 28.9 Å². The Morgan fingerprint density at radius 2 is 1.89 bits per heavy atom. The molecule has 6 heteroatoms. The van der Waals surface area contributed by atoms with Crippen molar-refractivity contribution in [2.45, 2.75) is 25.8 Å². The molecule has 1 aromatic heterocycles. The quantitative estimate of drug-likeness (QED) is 0.658. The van der Waals surface area contributed by atoms with E-state index in [2.05, 4.69) is 10.2 Å². The molecule has 0 unspecified atom stereocenters. The SMILES string of the molecule is O=C(CCC(=O)N1CCc2[nH]nc(-c3cccc(Cl)c3)c2C1)c1ccccc1. The van der Waals surface area contributed by atoms with Crippen molar-refractivity contribution in [1.29, 1.82) is 0 Å². The van der Waals surface area contributed by atoms with Crippen LogP contribution in [0.25, 0.3) is 11.3 Å². The number of H-pyrrole nitrogens is 1. The molecule has 0 saturated carbocycles. The zero-order chi connectivity index (χ0) is 19.5. The minimum absolute atomic E-state index is 0.00502. The van der Waals surface area contributed by atoms with Crippen LogP contribution < -0.4 is 0 Å². The average molecular weight is 394 g/mol. The van der Waals surface area contributed by atoms with Gasteiger partial charge in [-0.2, -0.15) is 5.10 Å². The van der Waals surface area contributed by atoms with Crippen molar-refractivity contribution in [3.05, 3.63) is 76.4 Å². The van der Waals surface area contributed by atoms with E-state index in [0.29, 0.717) is 23.7 Å². The van der Waals surface area contributed by atoms with Crippen LogP contribution in [0.5, 0.6) is 0 Å². The standard InChI is InChI=1S/C22H20ClN3O2/c23-17-8-4-7-16(13-17)22-18-14-26(12-11-19(18)24-25-22)21(28)10-9-20(27)15-5-2-1-3-6-15/h1-8,13H,9-12,14H2,(H,24,25). The summed E-state index contributed by atoms with van der Waals surface area (Å²) in [5.41, 5.74) is 4.49. The molecule has 0 saturated heterocycles. The van der Waals surface area contributed by atoms with Crippen molar-refractivity contribution in [1.82, 2.24) is 15.1 Å². The zero-order valence-electron chi connectivity index (χ0n) is 15.3. The molecule has 2 aromatic carbocycles. The fourth-order valence-corrected chi connectivity index (χ4v) is 3.72. The highest BCUT2D eigenvalue weighted by Crippen LogP contribution is 2.30. The number of aromatic nitrogens is 2. The summed E-state index contributed by atoms with van der Waals surface area (Å²) in [6.07, 6.45) is 1.16. The highest BCUT2D eigenvalue weighted by Gasteiger charge is 2.26. The molecule has 0 atom stereocenters. The fraction of sp³-hybridized carbons (Fsp3) is 0.227. The van der Waals surface area contributed by atoms with Gasteiger partial charge in [0.05, 0.1) is 5.69 Å². The molecule has 1 aliphatic heterocycles. The third-order valence-corrected chi connectivity index (χ3v) is 5.28. The molecule has 0 fully saturated rings. The van der Waals surface area contributed by atoms with Crippen LogP contribution in [0.1, 0.15) is 34.5 Å². The molecular weight excluding hydrogens is 374 g/mol. The number of nitrogens with zero attached hydrogens (tertiary/aromatic N) is 2. The van der Waals surface area contributed by atoms with Gasteiger partial charge in [-0.1, -0.05) is 54.1 Å². The van der Waals surface area contributed by atoms with Gasteiger partial charge in [0.1, 0.15) is 0 Å². The van der Waals surface area contributed by atoms with Crippen LogP contribution in [0.15, 0.2) is 54.6 Å². The van der Waals surface area contributed by atoms with E-state index < -0.39 is 0 Å². The molecular formula is C22H20ClN3O2. The summed E-state index contributed by atoms with van der Waals surface area (Å²) >= 11 is 6.11. The predicted molar refractivity (Wildman–Crippen MR) is 108 cm³/mol. The number of hydrogen-bond donors (Lipinski definition) is 1. The Morgan fingerprint density at radius 1 is 1.07 bits per heavy atom. The molecule has 0 spiro atoms. The van der Waals surface area contributed by atoms with Gasteiger partial charge in [-0.05, 0) is 12.1 Å². The first-order chi connectivity index (χ1) is 13.6. The van der Waals surface area contributed by atoms with Crippen LogP contribution in [-0.4, -0.2) is 33.3 Å². The highest BCUT2D eigenvalue weighted by atomic mass is 35.5. The molecule has 0 radical (unpaired) electrons. The maximum atomic E-state index is 12.7. The van der Waals surface area contributed by atoms with Crippen LogP contribution in [0.3, 0.4) is 0 Å². The predicted octanol–water partition coefficient (Wildman–Crippen LogP) is 4.28. The lowest BCUT2D eigenvalue weighted by atomic mass is 10.00. The lowest BCUT2D eigenvalue weighted by molar-refractivity contribution is -0.132. The van der Waals surface area contributed by atoms with Crippen LogP contribution >= 0.6 is 11.6 Å². The number of amides is 1. The Kier molecular flexibility index (Phi) is 5.26. The second-order valence-corrected chi connectivity index (χ2v) is 7.33. The largest absolute Gasteiger partial charge is 0.338 e. The van der Waals surface area contributed by atoms with Crippen LogP contribution in [-0.2, 0) is 17.8 Å². The van der Waals surface area contributed by atoms with Gasteiger partial charge >= 0.3 is 0 Å². The summed E-state index contributed by atoms with van der Waals surface area (Å²) in [6.45, 7) is 1.12. The second-order valence-electron chi connectivity index (χ2n) is 6.89. The van der Waals surface area contributed by atoms with Crippen molar-refractivity contribution in [3.8, 4) is 11.3 Å². The number of Topliss-reactive ketones (excluding diaryl/α,β-unsaturated/α-hetero) is 1. The minimum atomic E-state index is -0.00632. The van der Waals surface area contributed by atoms with Gasteiger partial charge in [0, 0.05) is 59.8 Å². The lowest BCUT2D eigenvalue weighted by Crippen LogP contribution is -2.36. The molecule has 1 aliphatic rings. The summed E-state index contributed by atoms with van der Waals surface area (Å²) in [5, 5.41) is 8.18. The third-order valence-electron chi connectivity index (χ3n) is 5.05. The van der Waals surface area contributed by atoms with Crippen LogP contribution in [0.4, 0.5) is 0 Å². The highest BCUT2D eigenvalue weighted by molar-refractivity contribution is 6.30. The Labute approximate surface area is 168 Å². The number of carbonyl (C=O) groups excluding carboxylic acids is 2. The minimum Gasteiger partial charge on any atom is -0.338 e. The van der Waals surface area contributed by atoms with E-state index in [1.807, 2.05) is 47.4 Å². The van der Waals surface area contributed by atoms with Crippen molar-refractivity contribution >= 4 is 23.3 Å². The number of rotatable bonds is 5. The lowest BCUT2D eigenvalue weighted by Gasteiger charge is -2.27. The van der Waals surface area contributed by atoms with E-state index >= 15 is 0 Å². The van der Waals surface area contributed by atoms with Gasteiger partial charge in [0.25, 0.3) is 0 Å². The molecule has 142 valence electrons. The Balaban J connectivity index is 1.44. The first-order valence-electron chi connectivity index (χ1n) is 9.30. The van der Waals surface area contributed by atoms with Crippen LogP contribution in [0.2, 0.25) is 5.02 Å². The van der Waals surface area contributed by atoms with E-state index in [9.17, 15) is 9.59 Å². The molecule has 1 N–H and O–H groups in total. The molecule has 5 nitrogen and oxygen atoms in total. The maximum absolute atomic E-state index is 12.7. The Morgan fingerprint density at radius 3 is 2.68 bits per heavy atom. The van der Waals surface area contributed by atoms with Gasteiger partial charge in [-0.25, -0.2) is 0 Å². The number of ketones is 1. The van der Waals surface area contributed by atoms with E-state index in [1.54, 1.807) is 12.1 Å². The number of nitrogens with one attached hydrogen (secondary N) is 1. The van der Waals surface area contributed by atoms with Gasteiger partial charge in [0.2, 0.25) is 5.91 Å². The molecule has 4 rings (SSSR count). The Hall–Kier alpha value is -2.92. The average Bonchev–Trinajstić information content (AvgIpc) is 3.15. The normalized spacial score (nSPS) is 13.2. The summed E-state index contributed by atoms with van der Waals surface area (Å²) in [6, 6.07) is 16.6. The molecule has 3 aromatic rings. The van der Waals surface area contributed by atoms with Gasteiger partial charge in [-0.3, -0.25) is 14.7 Å². The summed E-state index contributed by atoms with van der Waals surface area (Å²) in [7, 11) is 0. The van der Waals surface area contributed by atoms with E-state index in [4.69, 9.17) is 11.6 Å². The summed E-state index contributed by atoms with van der Waals surface area (Å²) in [4.78, 5) is 26.8. The number of carbonyl (C=O) groups is 2. The molecule has 28 heavy (non-hydrogen) atoms. The van der Waals surface area contributed by atoms with Crippen LogP contribution in [0, 0.1) is 0 Å². The number of aromatic amines is 1. The monoisotopic (exact) mass is 393 g/mol. The Bertz CT molecular complexity index is 1010. The smallest absolute Gasteiger partial charge is 0.223 e. The third kappa shape index (κ3) is 3.85. The van der Waals surface area contributed by atoms with Gasteiger partial charge < -0.3 is 4.90 Å². The number of fused-ring (bicyclic) bond motifs is 1. The van der Waals surface area contributed by atoms with E-state index in [-0.39, 0.29) is 24.5 Å². The van der Waals surface area contributed by atoms with Crippen molar-refractivity contribution in [2.75, 3.05) is 6.54 Å². The van der Waals surface area contributed by atoms with Gasteiger partial charge in [0.15, 0.2) is 5.78 Å². The van der Waals surface area contributed by atoms with Crippen molar-refractivity contribution < 1.29 is 9.59 Å². The zero-order valence-corrected chi connectivity index (χ0v) is 16.1. The first-order valence-corrected chi connectivity index (χ1v) is 9.67.